The third kappa shape index (κ3) is 4.00. The quantitative estimate of drug-likeness (QED) is 0.426. The molecule has 1 fully saturated rings. The van der Waals surface area contributed by atoms with Crippen molar-refractivity contribution in [1.82, 2.24) is 14.9 Å². The average molecular weight is 426 g/mol. The Morgan fingerprint density at radius 2 is 1.94 bits per heavy atom. The van der Waals surface area contributed by atoms with Gasteiger partial charge < -0.3 is 20.6 Å². The van der Waals surface area contributed by atoms with Gasteiger partial charge in [-0.05, 0) is 93.3 Å². The Labute approximate surface area is 187 Å². The molecule has 0 radical (unpaired) electrons. The number of nitriles is 1. The Morgan fingerprint density at radius 3 is 2.72 bits per heavy atom. The van der Waals surface area contributed by atoms with Crippen molar-refractivity contribution in [3.05, 3.63) is 71.0 Å². The van der Waals surface area contributed by atoms with Crippen LogP contribution in [0.3, 0.4) is 0 Å². The summed E-state index contributed by atoms with van der Waals surface area (Å²) in [7, 11) is 0. The Bertz CT molecular complexity index is 1320. The van der Waals surface area contributed by atoms with Crippen LogP contribution in [-0.2, 0) is 6.42 Å². The summed E-state index contributed by atoms with van der Waals surface area (Å²) < 4.78 is 0. The fourth-order valence-corrected chi connectivity index (χ4v) is 4.94. The predicted molar refractivity (Wildman–Crippen MR) is 127 cm³/mol. The lowest BCUT2D eigenvalue weighted by molar-refractivity contribution is 0.100. The van der Waals surface area contributed by atoms with E-state index in [1.807, 2.05) is 30.3 Å². The van der Waals surface area contributed by atoms with E-state index in [0.717, 1.165) is 67.1 Å². The summed E-state index contributed by atoms with van der Waals surface area (Å²) in [5.41, 5.74) is 11.4. The molecule has 1 amide bonds. The second-order valence-electron chi connectivity index (χ2n) is 8.80. The topological polar surface area (TPSA) is 102 Å². The van der Waals surface area contributed by atoms with Gasteiger partial charge in [0.15, 0.2) is 0 Å². The van der Waals surface area contributed by atoms with Gasteiger partial charge in [0.1, 0.15) is 0 Å². The number of hydrogen-bond donors (Lipinski definition) is 3. The van der Waals surface area contributed by atoms with E-state index >= 15 is 0 Å². The lowest BCUT2D eigenvalue weighted by Crippen LogP contribution is -2.33. The molecule has 0 saturated carbocycles. The Morgan fingerprint density at radius 1 is 1.12 bits per heavy atom. The number of piperidine rings is 1. The van der Waals surface area contributed by atoms with E-state index in [9.17, 15) is 4.79 Å². The number of nitrogens with two attached hydrogens (primary N) is 1. The number of H-pyrrole nitrogens is 2. The van der Waals surface area contributed by atoms with Crippen LogP contribution in [-0.4, -0.2) is 40.4 Å². The minimum Gasteiger partial charge on any atom is -0.366 e. The van der Waals surface area contributed by atoms with E-state index in [0.29, 0.717) is 17.0 Å². The molecule has 32 heavy (non-hydrogen) atoms. The first kappa shape index (κ1) is 20.3. The number of likely N-dealkylation sites (tertiary alicyclic amines) is 1. The van der Waals surface area contributed by atoms with E-state index in [1.54, 1.807) is 6.07 Å². The summed E-state index contributed by atoms with van der Waals surface area (Å²) in [4.78, 5) is 20.9. The van der Waals surface area contributed by atoms with Crippen LogP contribution >= 0.6 is 0 Å². The number of hydrogen-bond acceptors (Lipinski definition) is 3. The molecule has 1 aliphatic heterocycles. The molecule has 4 N–H and O–H groups in total. The summed E-state index contributed by atoms with van der Waals surface area (Å²) in [6.45, 7) is 3.28. The lowest BCUT2D eigenvalue weighted by atomic mass is 9.93. The first-order chi connectivity index (χ1) is 15.6. The normalized spacial score (nSPS) is 15.3. The number of aryl methyl sites for hydroxylation is 1. The largest absolute Gasteiger partial charge is 0.366 e. The zero-order valence-electron chi connectivity index (χ0n) is 18.0. The molecular weight excluding hydrogens is 398 g/mol. The molecular formula is C26H27N5O. The smallest absolute Gasteiger partial charge is 0.248 e. The van der Waals surface area contributed by atoms with Crippen LogP contribution < -0.4 is 5.73 Å². The van der Waals surface area contributed by atoms with Crippen LogP contribution in [0.15, 0.2) is 48.7 Å². The van der Waals surface area contributed by atoms with E-state index in [-0.39, 0.29) is 5.91 Å². The van der Waals surface area contributed by atoms with Crippen molar-refractivity contribution in [2.24, 2.45) is 5.73 Å². The number of carbonyl (C=O) groups excluding carboxylic acids is 1. The highest BCUT2D eigenvalue weighted by molar-refractivity contribution is 5.97. The molecule has 2 aromatic carbocycles. The summed E-state index contributed by atoms with van der Waals surface area (Å²) in [5.74, 6) is 0.160. The molecule has 1 saturated heterocycles. The van der Waals surface area contributed by atoms with Crippen LogP contribution in [0, 0.1) is 11.3 Å². The molecule has 6 nitrogen and oxygen atoms in total. The highest BCUT2D eigenvalue weighted by Gasteiger charge is 2.22. The van der Waals surface area contributed by atoms with Crippen molar-refractivity contribution in [3.8, 4) is 6.07 Å². The molecule has 0 spiro atoms. The third-order valence-corrected chi connectivity index (χ3v) is 6.77. The minimum absolute atomic E-state index is 0.387. The van der Waals surface area contributed by atoms with E-state index in [2.05, 4.69) is 33.2 Å². The molecule has 5 rings (SSSR count). The molecule has 0 bridgehead atoms. The maximum Gasteiger partial charge on any atom is 0.248 e. The van der Waals surface area contributed by atoms with Gasteiger partial charge >= 0.3 is 0 Å². The van der Waals surface area contributed by atoms with Gasteiger partial charge in [0.2, 0.25) is 5.91 Å². The van der Waals surface area contributed by atoms with Gasteiger partial charge in [-0.2, -0.15) is 5.26 Å². The van der Waals surface area contributed by atoms with Crippen molar-refractivity contribution in [1.29, 1.82) is 5.26 Å². The second-order valence-corrected chi connectivity index (χ2v) is 8.80. The van der Waals surface area contributed by atoms with Gasteiger partial charge in [-0.3, -0.25) is 4.79 Å². The highest BCUT2D eigenvalue weighted by Crippen LogP contribution is 2.30. The number of benzene rings is 2. The fourth-order valence-electron chi connectivity index (χ4n) is 4.94. The maximum absolute atomic E-state index is 11.5. The Hall–Kier alpha value is -3.56. The Balaban J connectivity index is 1.16. The van der Waals surface area contributed by atoms with E-state index < -0.39 is 0 Å². The second kappa shape index (κ2) is 8.52. The van der Waals surface area contributed by atoms with Gasteiger partial charge in [-0.1, -0.05) is 0 Å². The van der Waals surface area contributed by atoms with Crippen molar-refractivity contribution >= 4 is 27.7 Å². The molecule has 162 valence electrons. The van der Waals surface area contributed by atoms with Crippen LogP contribution in [0.5, 0.6) is 0 Å². The number of nitrogens with zero attached hydrogens (tertiary/aromatic N) is 2. The molecule has 0 aliphatic carbocycles. The van der Waals surface area contributed by atoms with Gasteiger partial charge in [0.05, 0.1) is 11.6 Å². The van der Waals surface area contributed by atoms with Gasteiger partial charge in [-0.15, -0.1) is 0 Å². The molecule has 1 aliphatic rings. The zero-order chi connectivity index (χ0) is 22.1. The van der Waals surface area contributed by atoms with E-state index in [1.165, 1.54) is 11.3 Å². The Kier molecular flexibility index (Phi) is 5.42. The van der Waals surface area contributed by atoms with Crippen LogP contribution in [0.1, 0.15) is 52.4 Å². The zero-order valence-corrected chi connectivity index (χ0v) is 18.0. The first-order valence-electron chi connectivity index (χ1n) is 11.3. The summed E-state index contributed by atoms with van der Waals surface area (Å²) in [6.07, 6.45) is 6.41. The molecule has 0 unspecified atom stereocenters. The number of carbonyl (C=O) groups is 1. The number of primary amides is 1. The molecule has 3 heterocycles. The third-order valence-electron chi connectivity index (χ3n) is 6.77. The molecule has 4 aromatic rings. The molecule has 0 atom stereocenters. The molecule has 6 heteroatoms. The van der Waals surface area contributed by atoms with Gasteiger partial charge in [-0.25, -0.2) is 0 Å². The number of aromatic nitrogens is 2. The molecule has 2 aromatic heterocycles. The van der Waals surface area contributed by atoms with Crippen molar-refractivity contribution in [2.45, 2.75) is 31.6 Å². The van der Waals surface area contributed by atoms with Crippen LogP contribution in [0.4, 0.5) is 0 Å². The van der Waals surface area contributed by atoms with E-state index in [4.69, 9.17) is 11.0 Å². The number of amides is 1. The highest BCUT2D eigenvalue weighted by atomic mass is 16.1. The number of rotatable bonds is 6. The fraction of sp³-hybridized carbons (Fsp3) is 0.308. The van der Waals surface area contributed by atoms with Gasteiger partial charge in [0, 0.05) is 45.2 Å². The SMILES string of the molecule is N#Cc1ccc2[nH]c(C3CCN(CCCc4c[nH]c5ccc(C(N)=O)cc45)CC3)cc2c1. The number of fused-ring (bicyclic) bond motifs is 2. The monoisotopic (exact) mass is 425 g/mol. The first-order valence-corrected chi connectivity index (χ1v) is 11.3. The van der Waals surface area contributed by atoms with Crippen molar-refractivity contribution in [3.63, 3.8) is 0 Å². The summed E-state index contributed by atoms with van der Waals surface area (Å²) in [6, 6.07) is 15.9. The standard InChI is InChI=1S/C26H27N5O/c27-15-17-3-5-23-21(12-17)14-25(30-23)18-7-10-31(11-8-18)9-1-2-20-16-29-24-6-4-19(26(28)32)13-22(20)24/h3-6,12-14,16,18,29-30H,1-2,7-11H2,(H2,28,32). The van der Waals surface area contributed by atoms with Crippen molar-refractivity contribution < 1.29 is 4.79 Å². The summed E-state index contributed by atoms with van der Waals surface area (Å²) >= 11 is 0. The average Bonchev–Trinajstić information content (AvgIpc) is 3.42. The predicted octanol–water partition coefficient (Wildman–Crippen LogP) is 4.43. The number of aromatic amines is 2. The number of nitrogens with one attached hydrogen (secondary N) is 2. The van der Waals surface area contributed by atoms with Crippen LogP contribution in [0.2, 0.25) is 0 Å². The minimum atomic E-state index is -0.387. The lowest BCUT2D eigenvalue weighted by Gasteiger charge is -2.31. The van der Waals surface area contributed by atoms with Crippen molar-refractivity contribution in [2.75, 3.05) is 19.6 Å². The van der Waals surface area contributed by atoms with Crippen LogP contribution in [0.25, 0.3) is 21.8 Å². The maximum atomic E-state index is 11.5. The summed E-state index contributed by atoms with van der Waals surface area (Å²) in [5, 5.41) is 11.3. The van der Waals surface area contributed by atoms with Gasteiger partial charge in [0.25, 0.3) is 0 Å².